The van der Waals surface area contributed by atoms with Crippen molar-refractivity contribution in [3.63, 3.8) is 0 Å². The topological polar surface area (TPSA) is 236 Å². The fourth-order valence-electron chi connectivity index (χ4n) is 5.80. The second kappa shape index (κ2) is 37.3. The van der Waals surface area contributed by atoms with Crippen LogP contribution in [-0.2, 0) is 9.59 Å². The zero-order valence-electron chi connectivity index (χ0n) is 34.6. The van der Waals surface area contributed by atoms with Crippen LogP contribution < -0.4 is 0 Å². The molecule has 0 bridgehead atoms. The molecule has 12 heteroatoms. The van der Waals surface area contributed by atoms with Crippen molar-refractivity contribution < 1.29 is 60.7 Å². The number of allylic oxidation sites excluding steroid dienone is 3. The first-order chi connectivity index (χ1) is 28.2. The monoisotopic (exact) mass is 826 g/mol. The predicted molar refractivity (Wildman–Crippen MR) is 228 cm³/mol. The van der Waals surface area contributed by atoms with Gasteiger partial charge in [0.25, 0.3) is 0 Å². The molecule has 0 radical (unpaired) electrons. The number of carbonyl (C=O) groups excluding carboxylic acids is 1. The van der Waals surface area contributed by atoms with Gasteiger partial charge in [0.05, 0.1) is 24.4 Å². The number of rotatable bonds is 32. The van der Waals surface area contributed by atoms with Gasteiger partial charge in [-0.3, -0.25) is 4.79 Å². The van der Waals surface area contributed by atoms with Gasteiger partial charge in [0.1, 0.15) is 24.4 Å². The van der Waals surface area contributed by atoms with Crippen molar-refractivity contribution in [1.82, 2.24) is 0 Å². The molecular formula is C47H70O12. The maximum Gasteiger partial charge on any atom is 0.381 e. The zero-order valence-corrected chi connectivity index (χ0v) is 34.6. The van der Waals surface area contributed by atoms with Crippen LogP contribution in [0.15, 0.2) is 36.5 Å². The lowest BCUT2D eigenvalue weighted by molar-refractivity contribution is -0.130. The summed E-state index contributed by atoms with van der Waals surface area (Å²) < 4.78 is 0. The van der Waals surface area contributed by atoms with Crippen LogP contribution in [0.1, 0.15) is 141 Å². The fraction of sp³-hybridized carbons (Fsp3) is 0.660. The molecule has 0 saturated carbocycles. The number of hydrogen-bond acceptors (Lipinski definition) is 11. The highest BCUT2D eigenvalue weighted by molar-refractivity contribution is 5.89. The third-order valence-corrected chi connectivity index (χ3v) is 9.29. The molecule has 0 rings (SSSR count). The van der Waals surface area contributed by atoms with E-state index in [-0.39, 0.29) is 12.2 Å². The van der Waals surface area contributed by atoms with E-state index in [1.807, 2.05) is 18.1 Å². The smallest absolute Gasteiger partial charge is 0.381 e. The van der Waals surface area contributed by atoms with E-state index in [4.69, 9.17) is 11.5 Å². The van der Waals surface area contributed by atoms with Gasteiger partial charge in [0.2, 0.25) is 0 Å². The molecule has 0 aromatic rings. The van der Waals surface area contributed by atoms with Crippen LogP contribution in [0.3, 0.4) is 0 Å². The van der Waals surface area contributed by atoms with Crippen molar-refractivity contribution in [2.45, 2.75) is 196 Å². The Labute approximate surface area is 352 Å². The minimum absolute atomic E-state index is 0.0910. The summed E-state index contributed by atoms with van der Waals surface area (Å²) in [5.41, 5.74) is 0. The summed E-state index contributed by atoms with van der Waals surface area (Å²) in [4.78, 5) is 22.5. The normalized spacial score (nSPS) is 16.0. The van der Waals surface area contributed by atoms with Gasteiger partial charge in [0.15, 0.2) is 11.9 Å². The number of aliphatic hydroxyl groups excluding tert-OH is 9. The van der Waals surface area contributed by atoms with E-state index >= 15 is 0 Å². The summed E-state index contributed by atoms with van der Waals surface area (Å²) in [5, 5.41) is 97.2. The highest BCUT2D eigenvalue weighted by atomic mass is 16.4. The van der Waals surface area contributed by atoms with Gasteiger partial charge in [0, 0.05) is 18.8 Å². The lowest BCUT2D eigenvalue weighted by atomic mass is 10.0. The molecule has 0 unspecified atom stereocenters. The van der Waals surface area contributed by atoms with Crippen LogP contribution in [0.4, 0.5) is 0 Å². The minimum Gasteiger partial charge on any atom is -0.472 e. The molecule has 12 nitrogen and oxygen atoms in total. The molecule has 0 saturated heterocycles. The van der Waals surface area contributed by atoms with Crippen LogP contribution in [-0.4, -0.2) is 118 Å². The molecule has 0 spiro atoms. The van der Waals surface area contributed by atoms with Gasteiger partial charge in [-0.2, -0.15) is 0 Å². The van der Waals surface area contributed by atoms with Crippen molar-refractivity contribution in [2.24, 2.45) is 0 Å². The van der Waals surface area contributed by atoms with E-state index in [1.165, 1.54) is 12.2 Å². The van der Waals surface area contributed by atoms with E-state index in [0.29, 0.717) is 70.6 Å². The molecule has 0 heterocycles. The predicted octanol–water partition coefficient (Wildman–Crippen LogP) is 3.78. The summed E-state index contributed by atoms with van der Waals surface area (Å²) in [6.45, 7) is 0. The van der Waals surface area contributed by atoms with Crippen LogP contribution in [0.5, 0.6) is 0 Å². The number of unbranched alkanes of at least 4 members (excludes halogenated alkanes) is 11. The Hall–Kier alpha value is -3.76. The Bertz CT molecular complexity index is 1450. The third kappa shape index (κ3) is 35.9. The van der Waals surface area contributed by atoms with Crippen molar-refractivity contribution >= 4 is 11.8 Å². The fourth-order valence-corrected chi connectivity index (χ4v) is 5.80. The van der Waals surface area contributed by atoms with Crippen molar-refractivity contribution in [3.05, 3.63) is 36.5 Å². The molecular weight excluding hydrogens is 757 g/mol. The van der Waals surface area contributed by atoms with E-state index in [0.717, 1.165) is 64.2 Å². The summed E-state index contributed by atoms with van der Waals surface area (Å²) >= 11 is 0. The Morgan fingerprint density at radius 3 is 1.81 bits per heavy atom. The standard InChI is InChI=1S/C47H70O12/c1-2-37(48)31-32-41(52)27-19-25-40(51)26-20-29-43(54)34-33-42(53)28-18-24-39(50)23-16-13-15-22-38(49)21-14-11-9-7-5-3-4-6-8-10-12-17-30-44(55)47(59)45(56)35-36-46(57)58/h1,14,16,21,23,31-32,37,39-45,47-48,50-56,59H,3-13,15,17-19,22,24-28,30H2,(H,57,58)/b21-14+,23-16+,32-31+/t37-,39+,40-,41-,42+,43+,44+,45-,47+/m1/s1. The van der Waals surface area contributed by atoms with Gasteiger partial charge in [-0.25, -0.2) is 4.79 Å². The van der Waals surface area contributed by atoms with E-state index < -0.39 is 60.9 Å². The van der Waals surface area contributed by atoms with Crippen LogP contribution >= 0.6 is 0 Å². The first kappa shape index (κ1) is 55.2. The molecule has 0 aliphatic rings. The zero-order chi connectivity index (χ0) is 44.1. The number of aliphatic carboxylic acids is 1. The van der Waals surface area contributed by atoms with Crippen molar-refractivity contribution in [3.8, 4) is 47.9 Å². The van der Waals surface area contributed by atoms with Crippen LogP contribution in [0.2, 0.25) is 0 Å². The maximum absolute atomic E-state index is 12.1. The molecule has 0 fully saturated rings. The van der Waals surface area contributed by atoms with Crippen molar-refractivity contribution in [1.29, 1.82) is 0 Å². The molecule has 0 aliphatic heterocycles. The molecule has 9 atom stereocenters. The highest BCUT2D eigenvalue weighted by Crippen LogP contribution is 2.15. The first-order valence-corrected chi connectivity index (χ1v) is 21.1. The molecule has 59 heavy (non-hydrogen) atoms. The number of ketones is 1. The lowest BCUT2D eigenvalue weighted by Crippen LogP contribution is -2.36. The largest absolute Gasteiger partial charge is 0.472 e. The van der Waals surface area contributed by atoms with E-state index in [1.54, 1.807) is 18.1 Å². The summed E-state index contributed by atoms with van der Waals surface area (Å²) in [5.74, 6) is 14.7. The Kier molecular flexibility index (Phi) is 34.9. The van der Waals surface area contributed by atoms with Crippen molar-refractivity contribution in [2.75, 3.05) is 0 Å². The molecule has 0 aliphatic carbocycles. The second-order valence-electron chi connectivity index (χ2n) is 14.8. The number of aliphatic hydroxyl groups is 9. The van der Waals surface area contributed by atoms with Crippen LogP contribution in [0.25, 0.3) is 0 Å². The highest BCUT2D eigenvalue weighted by Gasteiger charge is 2.22. The summed E-state index contributed by atoms with van der Waals surface area (Å²) in [6.07, 6.45) is 21.4. The van der Waals surface area contributed by atoms with Gasteiger partial charge in [-0.05, 0) is 82.8 Å². The number of carboxylic acids is 1. The van der Waals surface area contributed by atoms with Crippen LogP contribution in [0, 0.1) is 47.9 Å². The Morgan fingerprint density at radius 1 is 0.576 bits per heavy atom. The van der Waals surface area contributed by atoms with Gasteiger partial charge < -0.3 is 51.1 Å². The molecule has 10 N–H and O–H groups in total. The van der Waals surface area contributed by atoms with E-state index in [2.05, 4.69) is 29.6 Å². The maximum atomic E-state index is 12.1. The quantitative estimate of drug-likeness (QED) is 0.0202. The Morgan fingerprint density at radius 2 is 1.17 bits per heavy atom. The summed E-state index contributed by atoms with van der Waals surface area (Å²) in [7, 11) is 0. The average molecular weight is 827 g/mol. The number of terminal acetylenes is 1. The van der Waals surface area contributed by atoms with Gasteiger partial charge >= 0.3 is 5.97 Å². The third-order valence-electron chi connectivity index (χ3n) is 9.29. The minimum atomic E-state index is -1.60. The molecule has 0 amide bonds. The number of carbonyl (C=O) groups is 2. The number of hydrogen-bond donors (Lipinski definition) is 10. The van der Waals surface area contributed by atoms with E-state index in [9.17, 15) is 55.5 Å². The van der Waals surface area contributed by atoms with Gasteiger partial charge in [-0.15, -0.1) is 6.42 Å². The van der Waals surface area contributed by atoms with Gasteiger partial charge in [-0.1, -0.05) is 118 Å². The first-order valence-electron chi connectivity index (χ1n) is 21.1. The average Bonchev–Trinajstić information content (AvgIpc) is 3.20. The Balaban J connectivity index is 3.87. The molecule has 0 aromatic heterocycles. The lowest BCUT2D eigenvalue weighted by Gasteiger charge is -2.19. The molecule has 0 aromatic carbocycles. The second-order valence-corrected chi connectivity index (χ2v) is 14.8. The molecule has 330 valence electrons. The summed E-state index contributed by atoms with van der Waals surface area (Å²) in [6, 6.07) is 0. The number of carboxylic acid groups (broad SMARTS) is 1. The SMILES string of the molecule is C#C[C@@H](O)/C=C/[C@H](O)CCC[C@@H](O)CC#C[C@H](O)C#C[C@@H](O)CCC[C@@H](O)/C=C/CCCC(=O)/C=C/CCCCCCCCCCCC[C@H](O)[C@H](O)[C@H](O)C#CC(=O)O.